The van der Waals surface area contributed by atoms with Crippen LogP contribution in [-0.2, 0) is 0 Å². The van der Waals surface area contributed by atoms with Crippen molar-refractivity contribution in [2.24, 2.45) is 5.11 Å². The molecule has 0 heterocycles. The number of benzene rings is 2. The van der Waals surface area contributed by atoms with Gasteiger partial charge in [-0.3, -0.25) is 0 Å². The molecule has 0 N–H and O–H groups in total. The van der Waals surface area contributed by atoms with E-state index in [4.69, 9.17) is 0 Å². The second kappa shape index (κ2) is 4.61. The summed E-state index contributed by atoms with van der Waals surface area (Å²) in [5.74, 6) is 0.592. The highest BCUT2D eigenvalue weighted by Gasteiger charge is 2.26. The Bertz CT molecular complexity index is 574. The van der Waals surface area contributed by atoms with Gasteiger partial charge in [-0.05, 0) is 30.4 Å². The van der Waals surface area contributed by atoms with Gasteiger partial charge in [-0.1, -0.05) is 41.3 Å². The van der Waals surface area contributed by atoms with Crippen LogP contribution in [0, 0.1) is 5.21 Å². The van der Waals surface area contributed by atoms with Crippen LogP contribution >= 0.6 is 0 Å². The molecular formula is C15H14N2O. The lowest BCUT2D eigenvalue weighted by Gasteiger charge is -2.03. The molecular weight excluding hydrogens is 224 g/mol. The second-order valence-electron chi connectivity index (χ2n) is 4.54. The van der Waals surface area contributed by atoms with Gasteiger partial charge in [0.1, 0.15) is 5.69 Å². The zero-order chi connectivity index (χ0) is 12.4. The van der Waals surface area contributed by atoms with Crippen LogP contribution in [0.4, 0.5) is 11.4 Å². The van der Waals surface area contributed by atoms with Crippen LogP contribution in [0.15, 0.2) is 59.7 Å². The van der Waals surface area contributed by atoms with Crippen LogP contribution in [0.5, 0.6) is 0 Å². The third-order valence-corrected chi connectivity index (χ3v) is 3.13. The van der Waals surface area contributed by atoms with Crippen LogP contribution in [-0.4, -0.2) is 4.86 Å². The van der Waals surface area contributed by atoms with Gasteiger partial charge in [0.2, 0.25) is 5.69 Å². The minimum absolute atomic E-state index is 0.558. The summed E-state index contributed by atoms with van der Waals surface area (Å²) in [5, 5.41) is 16.1. The maximum absolute atomic E-state index is 12.0. The highest BCUT2D eigenvalue weighted by molar-refractivity contribution is 5.48. The monoisotopic (exact) mass is 238 g/mol. The number of azo groups is 1. The van der Waals surface area contributed by atoms with Gasteiger partial charge < -0.3 is 5.21 Å². The highest BCUT2D eigenvalue weighted by atomic mass is 16.5. The highest BCUT2D eigenvalue weighted by Crippen LogP contribution is 2.44. The van der Waals surface area contributed by atoms with Gasteiger partial charge in [0, 0.05) is 17.2 Å². The van der Waals surface area contributed by atoms with E-state index in [1.807, 2.05) is 36.4 Å². The van der Waals surface area contributed by atoms with E-state index in [9.17, 15) is 5.21 Å². The molecule has 3 nitrogen and oxygen atoms in total. The molecule has 0 bridgehead atoms. The molecule has 90 valence electrons. The Balaban J connectivity index is 1.96. The first-order valence-corrected chi connectivity index (χ1v) is 6.17. The van der Waals surface area contributed by atoms with Crippen molar-refractivity contribution in [3.8, 4) is 0 Å². The van der Waals surface area contributed by atoms with Gasteiger partial charge in [-0.15, -0.1) is 0 Å². The number of rotatable bonds is 3. The van der Waals surface area contributed by atoms with Crippen molar-refractivity contribution in [3.63, 3.8) is 0 Å². The van der Waals surface area contributed by atoms with Gasteiger partial charge in [0.25, 0.3) is 0 Å². The molecule has 0 atom stereocenters. The Morgan fingerprint density at radius 2 is 1.61 bits per heavy atom. The SMILES string of the molecule is [O-][N+](=Nc1ccccc1C1CC1)c1ccccc1. The molecule has 18 heavy (non-hydrogen) atoms. The van der Waals surface area contributed by atoms with Crippen LogP contribution in [0.1, 0.15) is 24.3 Å². The van der Waals surface area contributed by atoms with Crippen LogP contribution < -0.4 is 0 Å². The third kappa shape index (κ3) is 2.25. The summed E-state index contributed by atoms with van der Waals surface area (Å²) >= 11 is 0. The number of hydrogen-bond acceptors (Lipinski definition) is 2. The fraction of sp³-hybridized carbons (Fsp3) is 0.200. The van der Waals surface area contributed by atoms with Crippen molar-refractivity contribution in [1.29, 1.82) is 0 Å². The van der Waals surface area contributed by atoms with E-state index in [1.165, 1.54) is 18.4 Å². The molecule has 0 aromatic heterocycles. The Morgan fingerprint density at radius 1 is 0.944 bits per heavy atom. The molecule has 0 saturated heterocycles. The molecule has 1 aliphatic carbocycles. The zero-order valence-electron chi connectivity index (χ0n) is 9.99. The Kier molecular flexibility index (Phi) is 2.81. The lowest BCUT2D eigenvalue weighted by Crippen LogP contribution is -1.91. The zero-order valence-corrected chi connectivity index (χ0v) is 9.99. The van der Waals surface area contributed by atoms with Crippen LogP contribution in [0.2, 0.25) is 0 Å². The number of para-hydroxylation sites is 1. The molecule has 0 unspecified atom stereocenters. The van der Waals surface area contributed by atoms with Gasteiger partial charge in [-0.2, -0.15) is 0 Å². The molecule has 0 aliphatic heterocycles. The maximum atomic E-state index is 12.0. The van der Waals surface area contributed by atoms with Crippen molar-refractivity contribution in [2.75, 3.05) is 0 Å². The average Bonchev–Trinajstić information content (AvgIpc) is 3.25. The smallest absolute Gasteiger partial charge is 0.244 e. The lowest BCUT2D eigenvalue weighted by atomic mass is 10.1. The van der Waals surface area contributed by atoms with E-state index < -0.39 is 0 Å². The van der Waals surface area contributed by atoms with Gasteiger partial charge >= 0.3 is 0 Å². The molecule has 1 aliphatic rings. The van der Waals surface area contributed by atoms with Gasteiger partial charge in [0.05, 0.1) is 0 Å². The van der Waals surface area contributed by atoms with Crippen molar-refractivity contribution in [3.05, 3.63) is 65.4 Å². The minimum atomic E-state index is 0.558. The quantitative estimate of drug-likeness (QED) is 0.441. The molecule has 1 fully saturated rings. The van der Waals surface area contributed by atoms with Crippen LogP contribution in [0.3, 0.4) is 0 Å². The summed E-state index contributed by atoms with van der Waals surface area (Å²) in [4.78, 5) is 0.696. The van der Waals surface area contributed by atoms with Gasteiger partial charge in [0.15, 0.2) is 0 Å². The predicted molar refractivity (Wildman–Crippen MR) is 70.2 cm³/mol. The van der Waals surface area contributed by atoms with E-state index in [1.54, 1.807) is 12.1 Å². The summed E-state index contributed by atoms with van der Waals surface area (Å²) in [7, 11) is 0. The molecule has 2 aromatic rings. The van der Waals surface area contributed by atoms with E-state index >= 15 is 0 Å². The van der Waals surface area contributed by atoms with E-state index in [2.05, 4.69) is 11.2 Å². The molecule has 0 spiro atoms. The summed E-state index contributed by atoms with van der Waals surface area (Å²) in [6, 6.07) is 17.0. The predicted octanol–water partition coefficient (Wildman–Crippen LogP) is 4.49. The van der Waals surface area contributed by atoms with Crippen molar-refractivity contribution in [2.45, 2.75) is 18.8 Å². The van der Waals surface area contributed by atoms with Crippen molar-refractivity contribution in [1.82, 2.24) is 0 Å². The first-order valence-electron chi connectivity index (χ1n) is 6.17. The van der Waals surface area contributed by atoms with E-state index in [0.29, 0.717) is 16.5 Å². The first kappa shape index (κ1) is 11.0. The van der Waals surface area contributed by atoms with E-state index in [-0.39, 0.29) is 0 Å². The molecule has 0 amide bonds. The summed E-state index contributed by atoms with van der Waals surface area (Å²) in [6.45, 7) is 0. The summed E-state index contributed by atoms with van der Waals surface area (Å²) < 4.78 is 0. The molecule has 2 aromatic carbocycles. The standard InChI is InChI=1S/C15H14N2O/c18-17(13-6-2-1-3-7-13)16-15-9-5-4-8-14(15)12-10-11-12/h1-9,12H,10-11H2. The van der Waals surface area contributed by atoms with Crippen LogP contribution in [0.25, 0.3) is 0 Å². The fourth-order valence-electron chi connectivity index (χ4n) is 2.03. The van der Waals surface area contributed by atoms with Crippen molar-refractivity contribution < 1.29 is 4.86 Å². The largest absolute Gasteiger partial charge is 0.594 e. The molecule has 1 saturated carbocycles. The first-order chi connectivity index (χ1) is 8.84. The average molecular weight is 238 g/mol. The van der Waals surface area contributed by atoms with Gasteiger partial charge in [-0.25, -0.2) is 0 Å². The Hall–Kier alpha value is -2.16. The van der Waals surface area contributed by atoms with Crippen molar-refractivity contribution >= 4 is 11.4 Å². The Morgan fingerprint density at radius 3 is 2.33 bits per heavy atom. The Labute approximate surface area is 106 Å². The van der Waals surface area contributed by atoms with E-state index in [0.717, 1.165) is 5.69 Å². The maximum Gasteiger partial charge on any atom is 0.244 e. The minimum Gasteiger partial charge on any atom is -0.594 e. The molecule has 3 heteroatoms. The fourth-order valence-corrected chi connectivity index (χ4v) is 2.03. The third-order valence-electron chi connectivity index (χ3n) is 3.13. The summed E-state index contributed by atoms with van der Waals surface area (Å²) in [6.07, 6.45) is 2.41. The lowest BCUT2D eigenvalue weighted by molar-refractivity contribution is -0.435. The number of hydrogen-bond donors (Lipinski definition) is 0. The second-order valence-corrected chi connectivity index (χ2v) is 4.54. The molecule has 0 radical (unpaired) electrons. The molecule has 3 rings (SSSR count). The topological polar surface area (TPSA) is 38.4 Å². The number of nitrogens with zero attached hydrogens (tertiary/aromatic N) is 2. The normalized spacial score (nSPS) is 15.7. The summed E-state index contributed by atoms with van der Waals surface area (Å²) in [5.41, 5.74) is 2.54.